The molecule has 4 nitrogen and oxygen atoms in total. The number of benzene rings is 1. The van der Waals surface area contributed by atoms with E-state index in [0.29, 0.717) is 6.54 Å². The van der Waals surface area contributed by atoms with Crippen LogP contribution in [-0.4, -0.2) is 14.8 Å². The summed E-state index contributed by atoms with van der Waals surface area (Å²) in [6, 6.07) is 6.18. The second-order valence-corrected chi connectivity index (χ2v) is 4.72. The molecular weight excluding hydrogens is 280 g/mol. The van der Waals surface area contributed by atoms with Gasteiger partial charge in [0.15, 0.2) is 0 Å². The van der Waals surface area contributed by atoms with Crippen LogP contribution in [0.3, 0.4) is 0 Å². The van der Waals surface area contributed by atoms with Gasteiger partial charge in [-0.25, -0.2) is 9.67 Å². The Balaban J connectivity index is 2.07. The highest BCUT2D eigenvalue weighted by Crippen LogP contribution is 2.20. The van der Waals surface area contributed by atoms with Crippen LogP contribution in [0.25, 0.3) is 0 Å². The van der Waals surface area contributed by atoms with Gasteiger partial charge in [-0.05, 0) is 37.6 Å². The lowest BCUT2D eigenvalue weighted by Gasteiger charge is -2.09. The molecule has 0 unspecified atom stereocenters. The van der Waals surface area contributed by atoms with Gasteiger partial charge in [0.1, 0.15) is 12.2 Å². The van der Waals surface area contributed by atoms with Gasteiger partial charge in [0.2, 0.25) is 0 Å². The molecular formula is C12H15BrN4. The summed E-state index contributed by atoms with van der Waals surface area (Å²) in [4.78, 5) is 4.23. The lowest BCUT2D eigenvalue weighted by molar-refractivity contribution is 0.622. The van der Waals surface area contributed by atoms with E-state index >= 15 is 0 Å². The van der Waals surface area contributed by atoms with Crippen LogP contribution in [0.2, 0.25) is 0 Å². The summed E-state index contributed by atoms with van der Waals surface area (Å²) in [7, 11) is 0. The first-order valence-electron chi connectivity index (χ1n) is 5.57. The number of aromatic nitrogens is 3. The number of aryl methyl sites for hydroxylation is 2. The average Bonchev–Trinajstić information content (AvgIpc) is 2.75. The third-order valence-corrected chi connectivity index (χ3v) is 3.11. The van der Waals surface area contributed by atoms with Crippen molar-refractivity contribution >= 4 is 21.6 Å². The normalized spacial score (nSPS) is 10.5. The highest BCUT2D eigenvalue weighted by atomic mass is 79.9. The fraction of sp³-hybridized carbons (Fsp3) is 0.333. The second-order valence-electron chi connectivity index (χ2n) is 3.80. The summed E-state index contributed by atoms with van der Waals surface area (Å²) < 4.78 is 2.98. The number of nitrogens with zero attached hydrogens (tertiary/aromatic N) is 3. The lowest BCUT2D eigenvalue weighted by atomic mass is 10.2. The second kappa shape index (κ2) is 5.31. The van der Waals surface area contributed by atoms with Crippen molar-refractivity contribution in [2.45, 2.75) is 26.9 Å². The number of hydrogen-bond acceptors (Lipinski definition) is 3. The smallest absolute Gasteiger partial charge is 0.146 e. The first-order valence-corrected chi connectivity index (χ1v) is 6.36. The maximum absolute atomic E-state index is 4.23. The Morgan fingerprint density at radius 3 is 2.94 bits per heavy atom. The zero-order valence-electron chi connectivity index (χ0n) is 9.94. The quantitative estimate of drug-likeness (QED) is 0.943. The minimum absolute atomic E-state index is 0.691. The number of rotatable bonds is 4. The lowest BCUT2D eigenvalue weighted by Crippen LogP contribution is -2.09. The van der Waals surface area contributed by atoms with Crippen molar-refractivity contribution < 1.29 is 0 Å². The Hall–Kier alpha value is -1.36. The van der Waals surface area contributed by atoms with Gasteiger partial charge in [0.25, 0.3) is 0 Å². The summed E-state index contributed by atoms with van der Waals surface area (Å²) in [6.07, 6.45) is 1.59. The molecule has 2 aromatic rings. The van der Waals surface area contributed by atoms with Crippen molar-refractivity contribution in [3.8, 4) is 0 Å². The molecule has 1 N–H and O–H groups in total. The van der Waals surface area contributed by atoms with Crippen molar-refractivity contribution in [1.82, 2.24) is 14.8 Å². The fourth-order valence-electron chi connectivity index (χ4n) is 1.69. The molecule has 0 saturated heterocycles. The number of anilines is 1. The van der Waals surface area contributed by atoms with E-state index in [1.165, 1.54) is 5.56 Å². The highest BCUT2D eigenvalue weighted by Gasteiger charge is 2.03. The topological polar surface area (TPSA) is 42.7 Å². The summed E-state index contributed by atoms with van der Waals surface area (Å²) >= 11 is 3.45. The third-order valence-electron chi connectivity index (χ3n) is 2.62. The van der Waals surface area contributed by atoms with Crippen LogP contribution in [0.5, 0.6) is 0 Å². The first kappa shape index (κ1) is 12.1. The number of hydrogen-bond donors (Lipinski definition) is 1. The van der Waals surface area contributed by atoms with E-state index in [9.17, 15) is 0 Å². The third kappa shape index (κ3) is 2.85. The molecule has 1 aromatic heterocycles. The van der Waals surface area contributed by atoms with Crippen molar-refractivity contribution in [1.29, 1.82) is 0 Å². The van der Waals surface area contributed by atoms with E-state index in [2.05, 4.69) is 57.3 Å². The summed E-state index contributed by atoms with van der Waals surface area (Å²) in [5, 5.41) is 7.51. The molecule has 5 heteroatoms. The molecule has 2 rings (SSSR count). The van der Waals surface area contributed by atoms with Gasteiger partial charge in [0.05, 0.1) is 6.54 Å². The number of halogens is 1. The van der Waals surface area contributed by atoms with E-state index in [1.54, 1.807) is 6.33 Å². The standard InChI is InChI=1S/C12H15BrN4/c1-3-17-12(15-8-16-17)7-14-11-5-4-10(13)6-9(11)2/h4-6,8,14H,3,7H2,1-2H3. The molecule has 0 radical (unpaired) electrons. The van der Waals surface area contributed by atoms with E-state index in [4.69, 9.17) is 0 Å². The summed E-state index contributed by atoms with van der Waals surface area (Å²) in [6.45, 7) is 5.67. The van der Waals surface area contributed by atoms with Crippen LogP contribution < -0.4 is 5.32 Å². The molecule has 0 bridgehead atoms. The average molecular weight is 295 g/mol. The monoisotopic (exact) mass is 294 g/mol. The zero-order valence-corrected chi connectivity index (χ0v) is 11.5. The van der Waals surface area contributed by atoms with E-state index < -0.39 is 0 Å². The van der Waals surface area contributed by atoms with Crippen LogP contribution in [0.4, 0.5) is 5.69 Å². The predicted molar refractivity (Wildman–Crippen MR) is 71.9 cm³/mol. The molecule has 17 heavy (non-hydrogen) atoms. The van der Waals surface area contributed by atoms with Gasteiger partial charge in [-0.1, -0.05) is 15.9 Å². The maximum Gasteiger partial charge on any atom is 0.146 e. The van der Waals surface area contributed by atoms with E-state index in [1.807, 2.05) is 10.7 Å². The Kier molecular flexibility index (Phi) is 3.78. The maximum atomic E-state index is 4.23. The van der Waals surface area contributed by atoms with Crippen molar-refractivity contribution in [2.75, 3.05) is 5.32 Å². The van der Waals surface area contributed by atoms with Crippen molar-refractivity contribution in [2.24, 2.45) is 0 Å². The van der Waals surface area contributed by atoms with Gasteiger partial charge in [-0.3, -0.25) is 0 Å². The minimum Gasteiger partial charge on any atom is -0.378 e. The Morgan fingerprint density at radius 2 is 2.24 bits per heavy atom. The molecule has 0 fully saturated rings. The van der Waals surface area contributed by atoms with Crippen LogP contribution in [0, 0.1) is 6.92 Å². The van der Waals surface area contributed by atoms with Crippen LogP contribution in [0.1, 0.15) is 18.3 Å². The summed E-state index contributed by atoms with van der Waals surface area (Å²) in [5.74, 6) is 0.954. The Morgan fingerprint density at radius 1 is 1.41 bits per heavy atom. The highest BCUT2D eigenvalue weighted by molar-refractivity contribution is 9.10. The minimum atomic E-state index is 0.691. The summed E-state index contributed by atoms with van der Waals surface area (Å²) in [5.41, 5.74) is 2.33. The molecule has 1 aromatic carbocycles. The fourth-order valence-corrected chi connectivity index (χ4v) is 2.16. The molecule has 0 amide bonds. The largest absolute Gasteiger partial charge is 0.378 e. The molecule has 0 aliphatic rings. The number of nitrogens with one attached hydrogen (secondary N) is 1. The van der Waals surface area contributed by atoms with Gasteiger partial charge in [0, 0.05) is 16.7 Å². The molecule has 0 aliphatic carbocycles. The SMILES string of the molecule is CCn1ncnc1CNc1ccc(Br)cc1C. The molecule has 90 valence electrons. The molecule has 0 aliphatic heterocycles. The van der Waals surface area contributed by atoms with Crippen LogP contribution >= 0.6 is 15.9 Å². The van der Waals surface area contributed by atoms with E-state index in [0.717, 1.165) is 22.5 Å². The molecule has 0 atom stereocenters. The van der Waals surface area contributed by atoms with Gasteiger partial charge in [-0.2, -0.15) is 5.10 Å². The van der Waals surface area contributed by atoms with Gasteiger partial charge >= 0.3 is 0 Å². The van der Waals surface area contributed by atoms with Crippen molar-refractivity contribution in [3.63, 3.8) is 0 Å². The first-order chi connectivity index (χ1) is 8.20. The predicted octanol–water partition coefficient (Wildman–Crippen LogP) is 2.98. The molecule has 0 spiro atoms. The Labute approximate surface area is 109 Å². The zero-order chi connectivity index (χ0) is 12.3. The van der Waals surface area contributed by atoms with Gasteiger partial charge in [-0.15, -0.1) is 0 Å². The van der Waals surface area contributed by atoms with E-state index in [-0.39, 0.29) is 0 Å². The molecule has 1 heterocycles. The van der Waals surface area contributed by atoms with Crippen LogP contribution in [-0.2, 0) is 13.1 Å². The Bertz CT molecular complexity index is 507. The van der Waals surface area contributed by atoms with Crippen LogP contribution in [0.15, 0.2) is 29.0 Å². The van der Waals surface area contributed by atoms with Gasteiger partial charge < -0.3 is 5.32 Å². The molecule has 0 saturated carbocycles. The van der Waals surface area contributed by atoms with Crippen molar-refractivity contribution in [3.05, 3.63) is 40.4 Å².